The number of benzene rings is 1. The van der Waals surface area contributed by atoms with Crippen LogP contribution in [-0.2, 0) is 4.79 Å². The first kappa shape index (κ1) is 10.8. The lowest BCUT2D eigenvalue weighted by atomic mass is 10.4. The van der Waals surface area contributed by atoms with E-state index in [4.69, 9.17) is 0 Å². The van der Waals surface area contributed by atoms with Gasteiger partial charge in [-0.1, -0.05) is 36.4 Å². The third-order valence-electron chi connectivity index (χ3n) is 1.35. The molecule has 0 aliphatic rings. The molecule has 76 valence electrons. The lowest BCUT2D eigenvalue weighted by Crippen LogP contribution is -1.98. The van der Waals surface area contributed by atoms with Gasteiger partial charge in [0.15, 0.2) is 0 Å². The number of carbonyl (C=O) groups excluding carboxylic acids is 1. The zero-order chi connectivity index (χ0) is 10.8. The van der Waals surface area contributed by atoms with Crippen molar-refractivity contribution in [2.45, 2.75) is 0 Å². The Balaban J connectivity index is 0.000000162. The highest BCUT2D eigenvalue weighted by atomic mass is 16.1. The van der Waals surface area contributed by atoms with Gasteiger partial charge in [-0.05, 0) is 0 Å². The fourth-order valence-corrected chi connectivity index (χ4v) is 0.751. The van der Waals surface area contributed by atoms with Crippen molar-refractivity contribution in [3.63, 3.8) is 0 Å². The first-order chi connectivity index (χ1) is 7.43. The first-order valence-corrected chi connectivity index (χ1v) is 4.25. The lowest BCUT2D eigenvalue weighted by Gasteiger charge is -1.89. The molecule has 1 aromatic heterocycles. The van der Waals surface area contributed by atoms with Crippen molar-refractivity contribution >= 4 is 12.4 Å². The molecule has 0 radical (unpaired) electrons. The van der Waals surface area contributed by atoms with Crippen molar-refractivity contribution in [2.75, 3.05) is 5.32 Å². The summed E-state index contributed by atoms with van der Waals surface area (Å²) in [6.07, 6.45) is 3.12. The summed E-state index contributed by atoms with van der Waals surface area (Å²) in [6.45, 7) is 0. The molecule has 2 rings (SSSR count). The predicted molar refractivity (Wildman–Crippen MR) is 56.0 cm³/mol. The molecule has 0 bridgehead atoms. The van der Waals surface area contributed by atoms with Crippen LogP contribution in [0.5, 0.6) is 0 Å². The van der Waals surface area contributed by atoms with Crippen molar-refractivity contribution in [3.05, 3.63) is 49.1 Å². The van der Waals surface area contributed by atoms with E-state index >= 15 is 0 Å². The first-order valence-electron chi connectivity index (χ1n) is 4.25. The smallest absolute Gasteiger partial charge is 0.232 e. The number of nitrogens with zero attached hydrogens (tertiary/aromatic N) is 3. The molecule has 0 aliphatic heterocycles. The highest BCUT2D eigenvalue weighted by Crippen LogP contribution is 1.86. The number of anilines is 1. The molecule has 0 saturated heterocycles. The summed E-state index contributed by atoms with van der Waals surface area (Å²) in [5.41, 5.74) is 0. The molecule has 2 aromatic rings. The molecule has 15 heavy (non-hydrogen) atoms. The number of rotatable bonds is 2. The molecule has 0 spiro atoms. The summed E-state index contributed by atoms with van der Waals surface area (Å²) >= 11 is 0. The number of carbonyl (C=O) groups is 1. The molecule has 1 aromatic carbocycles. The second-order valence-electron chi connectivity index (χ2n) is 2.38. The topological polar surface area (TPSA) is 67.8 Å². The number of amides is 1. The average molecular weight is 202 g/mol. The van der Waals surface area contributed by atoms with Crippen molar-refractivity contribution in [2.24, 2.45) is 0 Å². The highest BCUT2D eigenvalue weighted by Gasteiger charge is 1.86. The standard InChI is InChI=1S/C6H6.C4H4N4O/c1-2-4-6-5-3-1;9-3-8-4-6-1-5-2-7-4/h1-6H;1-3H,(H,5,6,7,8,9). The van der Waals surface area contributed by atoms with E-state index in [1.54, 1.807) is 0 Å². The maximum atomic E-state index is 9.76. The number of nitrogens with one attached hydrogen (secondary N) is 1. The minimum absolute atomic E-state index is 0.264. The molecule has 0 atom stereocenters. The molecule has 5 heteroatoms. The number of hydrogen-bond acceptors (Lipinski definition) is 4. The zero-order valence-electron chi connectivity index (χ0n) is 7.95. The van der Waals surface area contributed by atoms with Crippen LogP contribution in [0.15, 0.2) is 49.1 Å². The summed E-state index contributed by atoms with van der Waals surface area (Å²) in [7, 11) is 0. The van der Waals surface area contributed by atoms with Crippen LogP contribution >= 0.6 is 0 Å². The van der Waals surface area contributed by atoms with Crippen LogP contribution < -0.4 is 5.32 Å². The van der Waals surface area contributed by atoms with Crippen LogP contribution in [0.3, 0.4) is 0 Å². The van der Waals surface area contributed by atoms with Crippen LogP contribution in [0, 0.1) is 0 Å². The van der Waals surface area contributed by atoms with Gasteiger partial charge in [0, 0.05) is 0 Å². The maximum Gasteiger partial charge on any atom is 0.232 e. The monoisotopic (exact) mass is 202 g/mol. The minimum Gasteiger partial charge on any atom is -0.297 e. The fraction of sp³-hybridized carbons (Fsp3) is 0. The molecular formula is C10H10N4O. The van der Waals surface area contributed by atoms with E-state index in [1.807, 2.05) is 36.4 Å². The second kappa shape index (κ2) is 7.14. The van der Waals surface area contributed by atoms with Crippen molar-refractivity contribution in [3.8, 4) is 0 Å². The van der Waals surface area contributed by atoms with E-state index in [0.717, 1.165) is 0 Å². The van der Waals surface area contributed by atoms with E-state index in [1.165, 1.54) is 12.7 Å². The Morgan fingerprint density at radius 2 is 1.40 bits per heavy atom. The van der Waals surface area contributed by atoms with Gasteiger partial charge in [-0.2, -0.15) is 0 Å². The van der Waals surface area contributed by atoms with Crippen LogP contribution in [0.1, 0.15) is 0 Å². The normalized spacial score (nSPS) is 8.27. The van der Waals surface area contributed by atoms with Gasteiger partial charge in [0.25, 0.3) is 0 Å². The summed E-state index contributed by atoms with van der Waals surface area (Å²) in [6, 6.07) is 12.0. The summed E-state index contributed by atoms with van der Waals surface area (Å²) in [5.74, 6) is 0.264. The average Bonchev–Trinajstić information content (AvgIpc) is 2.34. The van der Waals surface area contributed by atoms with Crippen LogP contribution in [0.4, 0.5) is 5.95 Å². The van der Waals surface area contributed by atoms with Crippen LogP contribution in [0.25, 0.3) is 0 Å². The molecule has 5 nitrogen and oxygen atoms in total. The van der Waals surface area contributed by atoms with Gasteiger partial charge in [-0.15, -0.1) is 0 Å². The minimum atomic E-state index is 0.264. The molecule has 1 amide bonds. The summed E-state index contributed by atoms with van der Waals surface area (Å²) in [5, 5.41) is 2.26. The molecule has 0 saturated carbocycles. The van der Waals surface area contributed by atoms with E-state index < -0.39 is 0 Å². The molecule has 0 unspecified atom stereocenters. The van der Waals surface area contributed by atoms with Gasteiger partial charge in [-0.25, -0.2) is 15.0 Å². The lowest BCUT2D eigenvalue weighted by molar-refractivity contribution is -0.105. The van der Waals surface area contributed by atoms with E-state index in [2.05, 4.69) is 20.3 Å². The number of hydrogen-bond donors (Lipinski definition) is 1. The van der Waals surface area contributed by atoms with Gasteiger partial charge in [0.05, 0.1) is 0 Å². The van der Waals surface area contributed by atoms with Gasteiger partial charge in [-0.3, -0.25) is 10.1 Å². The largest absolute Gasteiger partial charge is 0.297 e. The Kier molecular flexibility index (Phi) is 5.13. The van der Waals surface area contributed by atoms with Crippen molar-refractivity contribution < 1.29 is 4.79 Å². The fourth-order valence-electron chi connectivity index (χ4n) is 0.751. The van der Waals surface area contributed by atoms with Crippen LogP contribution in [-0.4, -0.2) is 21.4 Å². The summed E-state index contributed by atoms with van der Waals surface area (Å²) in [4.78, 5) is 20.5. The quantitative estimate of drug-likeness (QED) is 0.741. The second-order valence-corrected chi connectivity index (χ2v) is 2.38. The van der Waals surface area contributed by atoms with Crippen LogP contribution in [0.2, 0.25) is 0 Å². The Morgan fingerprint density at radius 3 is 1.80 bits per heavy atom. The third kappa shape index (κ3) is 5.09. The van der Waals surface area contributed by atoms with E-state index in [9.17, 15) is 4.79 Å². The Labute approximate surface area is 87.2 Å². The van der Waals surface area contributed by atoms with E-state index in [-0.39, 0.29) is 5.95 Å². The zero-order valence-corrected chi connectivity index (χ0v) is 7.95. The predicted octanol–water partition coefficient (Wildman–Crippen LogP) is 1.13. The van der Waals surface area contributed by atoms with Gasteiger partial charge < -0.3 is 0 Å². The van der Waals surface area contributed by atoms with Gasteiger partial charge in [0.2, 0.25) is 12.4 Å². The van der Waals surface area contributed by atoms with Crippen molar-refractivity contribution in [1.82, 2.24) is 15.0 Å². The summed E-state index contributed by atoms with van der Waals surface area (Å²) < 4.78 is 0. The molecule has 0 aliphatic carbocycles. The Morgan fingerprint density at radius 1 is 0.933 bits per heavy atom. The van der Waals surface area contributed by atoms with Crippen molar-refractivity contribution in [1.29, 1.82) is 0 Å². The maximum absolute atomic E-state index is 9.76. The number of aromatic nitrogens is 3. The van der Waals surface area contributed by atoms with Gasteiger partial charge >= 0.3 is 0 Å². The molecule has 0 fully saturated rings. The molecule has 1 heterocycles. The van der Waals surface area contributed by atoms with Gasteiger partial charge in [0.1, 0.15) is 12.7 Å². The van der Waals surface area contributed by atoms with E-state index in [0.29, 0.717) is 6.41 Å². The SMILES string of the molecule is O=CNc1ncncn1.c1ccccc1. The Bertz CT molecular complexity index is 339. The molecule has 1 N–H and O–H groups in total. The highest BCUT2D eigenvalue weighted by molar-refractivity contribution is 5.66. The third-order valence-corrected chi connectivity index (χ3v) is 1.35. The Hall–Kier alpha value is -2.30. The molecular weight excluding hydrogens is 192 g/mol.